The number of methoxy groups -OCH3 is 1. The molecule has 0 aliphatic carbocycles. The number of aliphatic hydroxyl groups is 1. The highest BCUT2D eigenvalue weighted by atomic mass is 16.6. The highest BCUT2D eigenvalue weighted by Crippen LogP contribution is 2.42. The van der Waals surface area contributed by atoms with Crippen molar-refractivity contribution in [1.82, 2.24) is 4.90 Å². The first-order chi connectivity index (χ1) is 14.1. The summed E-state index contributed by atoms with van der Waals surface area (Å²) in [5.41, 5.74) is 0.377. The summed E-state index contributed by atoms with van der Waals surface area (Å²) in [5.74, 6) is -0.397. The maximum Gasteiger partial charge on any atom is 0.411 e. The van der Waals surface area contributed by atoms with Crippen molar-refractivity contribution in [1.29, 1.82) is 0 Å². The van der Waals surface area contributed by atoms with E-state index < -0.39 is 23.3 Å². The second-order valence-corrected chi connectivity index (χ2v) is 8.45. The van der Waals surface area contributed by atoms with Gasteiger partial charge in [-0.25, -0.2) is 9.59 Å². The highest BCUT2D eigenvalue weighted by molar-refractivity contribution is 5.89. The van der Waals surface area contributed by atoms with Crippen LogP contribution in [0.15, 0.2) is 54.6 Å². The summed E-state index contributed by atoms with van der Waals surface area (Å²) in [6.07, 6.45) is 0.460. The van der Waals surface area contributed by atoms with Crippen LogP contribution in [0.2, 0.25) is 0 Å². The molecule has 0 bridgehead atoms. The van der Waals surface area contributed by atoms with Gasteiger partial charge >= 0.3 is 12.1 Å². The Labute approximate surface area is 177 Å². The molecule has 6 heteroatoms. The van der Waals surface area contributed by atoms with Crippen LogP contribution in [0.4, 0.5) is 4.79 Å². The van der Waals surface area contributed by atoms with Crippen LogP contribution in [-0.2, 0) is 15.1 Å². The zero-order valence-corrected chi connectivity index (χ0v) is 17.9. The molecule has 30 heavy (non-hydrogen) atoms. The number of carbonyl (C=O) groups is 2. The zero-order chi connectivity index (χ0) is 21.9. The molecule has 2 aromatic carbocycles. The molecule has 2 aromatic rings. The third-order valence-electron chi connectivity index (χ3n) is 5.57. The molecular weight excluding hydrogens is 382 g/mol. The van der Waals surface area contributed by atoms with Crippen molar-refractivity contribution in [3.63, 3.8) is 0 Å². The molecule has 0 radical (unpaired) electrons. The maximum absolute atomic E-state index is 13.1. The van der Waals surface area contributed by atoms with Crippen LogP contribution in [0.5, 0.6) is 0 Å². The van der Waals surface area contributed by atoms with Gasteiger partial charge in [-0.15, -0.1) is 0 Å². The van der Waals surface area contributed by atoms with Crippen LogP contribution >= 0.6 is 0 Å². The molecular formula is C24H29NO5. The smallest absolute Gasteiger partial charge is 0.411 e. The highest BCUT2D eigenvalue weighted by Gasteiger charge is 2.46. The van der Waals surface area contributed by atoms with E-state index in [0.29, 0.717) is 24.9 Å². The standard InChI is InChI=1S/C24H29NO5/c1-17(18-10-12-19(13-11-18)21(26)29-4)25-15-14-24(30-22(25)27,16-23(2,3)28)20-8-6-5-7-9-20/h5-13,17,28H,14-16H2,1-4H3. The van der Waals surface area contributed by atoms with Crippen LogP contribution in [0.1, 0.15) is 61.1 Å². The van der Waals surface area contributed by atoms with Crippen molar-refractivity contribution in [3.05, 3.63) is 71.3 Å². The van der Waals surface area contributed by atoms with Gasteiger partial charge < -0.3 is 19.5 Å². The van der Waals surface area contributed by atoms with Crippen molar-refractivity contribution < 1.29 is 24.2 Å². The second kappa shape index (κ2) is 8.48. The molecule has 0 aromatic heterocycles. The predicted octanol–water partition coefficient (Wildman–Crippen LogP) is 4.43. The molecule has 1 saturated heterocycles. The molecule has 2 unspecified atom stereocenters. The molecule has 1 amide bonds. The largest absolute Gasteiger partial charge is 0.465 e. The number of carbonyl (C=O) groups excluding carboxylic acids is 2. The fraction of sp³-hybridized carbons (Fsp3) is 0.417. The third-order valence-corrected chi connectivity index (χ3v) is 5.57. The van der Waals surface area contributed by atoms with Gasteiger partial charge in [0.2, 0.25) is 0 Å². The summed E-state index contributed by atoms with van der Waals surface area (Å²) in [5, 5.41) is 10.5. The van der Waals surface area contributed by atoms with Gasteiger partial charge in [-0.05, 0) is 44.0 Å². The molecule has 6 nitrogen and oxygen atoms in total. The Morgan fingerprint density at radius 3 is 2.37 bits per heavy atom. The SMILES string of the molecule is COC(=O)c1ccc(C(C)N2CCC(CC(C)(C)O)(c3ccccc3)OC2=O)cc1. The molecule has 1 heterocycles. The molecule has 1 aliphatic heterocycles. The summed E-state index contributed by atoms with van der Waals surface area (Å²) in [6, 6.07) is 16.4. The number of ether oxygens (including phenoxy) is 2. The summed E-state index contributed by atoms with van der Waals surface area (Å²) in [7, 11) is 1.34. The van der Waals surface area contributed by atoms with Crippen molar-refractivity contribution in [3.8, 4) is 0 Å². The second-order valence-electron chi connectivity index (χ2n) is 8.45. The Hall–Kier alpha value is -2.86. The number of cyclic esters (lactones) is 1. The normalized spacial score (nSPS) is 20.4. The van der Waals surface area contributed by atoms with Crippen molar-refractivity contribution in [2.24, 2.45) is 0 Å². The monoisotopic (exact) mass is 411 g/mol. The lowest BCUT2D eigenvalue weighted by Crippen LogP contribution is -2.51. The molecule has 1 aliphatic rings. The average molecular weight is 411 g/mol. The van der Waals surface area contributed by atoms with E-state index in [1.165, 1.54) is 7.11 Å². The maximum atomic E-state index is 13.1. The van der Waals surface area contributed by atoms with Crippen LogP contribution < -0.4 is 0 Å². The van der Waals surface area contributed by atoms with E-state index in [2.05, 4.69) is 0 Å². The summed E-state index contributed by atoms with van der Waals surface area (Å²) < 4.78 is 10.8. The van der Waals surface area contributed by atoms with E-state index in [9.17, 15) is 14.7 Å². The fourth-order valence-corrected chi connectivity index (χ4v) is 4.09. The lowest BCUT2D eigenvalue weighted by molar-refractivity contribution is -0.101. The predicted molar refractivity (Wildman–Crippen MR) is 113 cm³/mol. The van der Waals surface area contributed by atoms with E-state index in [4.69, 9.17) is 9.47 Å². The van der Waals surface area contributed by atoms with E-state index in [-0.39, 0.29) is 6.04 Å². The van der Waals surface area contributed by atoms with Gasteiger partial charge in [0.25, 0.3) is 0 Å². The number of hydrogen-bond donors (Lipinski definition) is 1. The van der Waals surface area contributed by atoms with Crippen LogP contribution in [0, 0.1) is 0 Å². The van der Waals surface area contributed by atoms with E-state index in [1.54, 1.807) is 30.9 Å². The van der Waals surface area contributed by atoms with Crippen molar-refractivity contribution >= 4 is 12.1 Å². The van der Waals surface area contributed by atoms with Gasteiger partial charge in [-0.3, -0.25) is 0 Å². The molecule has 1 N–H and O–H groups in total. The average Bonchev–Trinajstić information content (AvgIpc) is 2.72. The lowest BCUT2D eigenvalue weighted by atomic mass is 9.80. The number of nitrogens with zero attached hydrogens (tertiary/aromatic N) is 1. The summed E-state index contributed by atoms with van der Waals surface area (Å²) in [6.45, 7) is 5.87. The van der Waals surface area contributed by atoms with Crippen LogP contribution in [0.25, 0.3) is 0 Å². The minimum Gasteiger partial charge on any atom is -0.465 e. The van der Waals surface area contributed by atoms with E-state index >= 15 is 0 Å². The number of benzene rings is 2. The topological polar surface area (TPSA) is 76.1 Å². The van der Waals surface area contributed by atoms with Gasteiger partial charge in [0.15, 0.2) is 0 Å². The third kappa shape index (κ3) is 4.65. The first-order valence-electron chi connectivity index (χ1n) is 10.1. The quantitative estimate of drug-likeness (QED) is 0.712. The van der Waals surface area contributed by atoms with E-state index in [0.717, 1.165) is 11.1 Å². The first-order valence-corrected chi connectivity index (χ1v) is 10.1. The minimum absolute atomic E-state index is 0.222. The van der Waals surface area contributed by atoms with Crippen LogP contribution in [0.3, 0.4) is 0 Å². The van der Waals surface area contributed by atoms with Gasteiger partial charge in [0.1, 0.15) is 5.60 Å². The number of hydrogen-bond acceptors (Lipinski definition) is 5. The molecule has 2 atom stereocenters. The van der Waals surface area contributed by atoms with Crippen molar-refractivity contribution in [2.45, 2.75) is 50.9 Å². The van der Waals surface area contributed by atoms with Gasteiger partial charge in [0, 0.05) is 19.4 Å². The number of esters is 1. The Kier molecular flexibility index (Phi) is 6.17. The van der Waals surface area contributed by atoms with Gasteiger partial charge in [-0.2, -0.15) is 0 Å². The number of amides is 1. The van der Waals surface area contributed by atoms with Crippen molar-refractivity contribution in [2.75, 3.05) is 13.7 Å². The Morgan fingerprint density at radius 2 is 1.83 bits per heavy atom. The molecule has 0 spiro atoms. The van der Waals surface area contributed by atoms with Crippen LogP contribution in [-0.4, -0.2) is 41.3 Å². The molecule has 3 rings (SSSR count). The fourth-order valence-electron chi connectivity index (χ4n) is 4.09. The number of rotatable bonds is 6. The zero-order valence-electron chi connectivity index (χ0n) is 17.9. The first kappa shape index (κ1) is 21.8. The molecule has 0 saturated carbocycles. The summed E-state index contributed by atoms with van der Waals surface area (Å²) in [4.78, 5) is 26.4. The molecule has 1 fully saturated rings. The Balaban J connectivity index is 1.81. The van der Waals surface area contributed by atoms with E-state index in [1.807, 2.05) is 49.4 Å². The minimum atomic E-state index is -0.992. The van der Waals surface area contributed by atoms with Gasteiger partial charge in [0.05, 0.1) is 24.3 Å². The Morgan fingerprint density at radius 1 is 1.20 bits per heavy atom. The lowest BCUT2D eigenvalue weighted by Gasteiger charge is -2.45. The molecule has 160 valence electrons. The van der Waals surface area contributed by atoms with Gasteiger partial charge in [-0.1, -0.05) is 42.5 Å². The summed E-state index contributed by atoms with van der Waals surface area (Å²) >= 11 is 0. The Bertz CT molecular complexity index is 888.